The Bertz CT molecular complexity index is 1030. The number of aromatic nitrogens is 2. The van der Waals surface area contributed by atoms with E-state index in [0.717, 1.165) is 10.9 Å². The first-order valence-corrected chi connectivity index (χ1v) is 8.88. The molecule has 1 N–H and O–H groups in total. The predicted octanol–water partition coefficient (Wildman–Crippen LogP) is 4.74. The van der Waals surface area contributed by atoms with E-state index >= 15 is 0 Å². The standard InChI is InChI=1S/C20H17ClFN3O2/c21-13-7-8-14(17(22)12-13)15(5-3-10-23)20-16-4-1-2-6-18(16)25(24-20)11-9-19(26)27/h1-2,4,6-8,12,15H,3,5,9,11H2,(H,26,27). The number of nitriles is 1. The number of carboxylic acid groups (broad SMARTS) is 1. The highest BCUT2D eigenvalue weighted by Gasteiger charge is 2.24. The summed E-state index contributed by atoms with van der Waals surface area (Å²) in [5.74, 6) is -1.80. The van der Waals surface area contributed by atoms with Gasteiger partial charge >= 0.3 is 5.97 Å². The number of aliphatic carboxylic acids is 1. The lowest BCUT2D eigenvalue weighted by Gasteiger charge is -2.15. The molecule has 0 aliphatic heterocycles. The van der Waals surface area contributed by atoms with Gasteiger partial charge in [-0.3, -0.25) is 9.48 Å². The highest BCUT2D eigenvalue weighted by molar-refractivity contribution is 6.30. The van der Waals surface area contributed by atoms with Gasteiger partial charge in [0, 0.05) is 22.7 Å². The third-order valence-electron chi connectivity index (χ3n) is 4.44. The average molecular weight is 386 g/mol. The molecule has 1 heterocycles. The van der Waals surface area contributed by atoms with Crippen LogP contribution in [-0.4, -0.2) is 20.9 Å². The minimum atomic E-state index is -0.916. The minimum Gasteiger partial charge on any atom is -0.481 e. The van der Waals surface area contributed by atoms with Crippen molar-refractivity contribution in [2.24, 2.45) is 0 Å². The minimum absolute atomic E-state index is 0.0662. The Balaban J connectivity index is 2.12. The van der Waals surface area contributed by atoms with Crippen LogP contribution in [0.25, 0.3) is 10.9 Å². The summed E-state index contributed by atoms with van der Waals surface area (Å²) in [7, 11) is 0. The maximum absolute atomic E-state index is 14.6. The molecule has 0 saturated heterocycles. The van der Waals surface area contributed by atoms with E-state index in [0.29, 0.717) is 22.7 Å². The molecule has 0 aliphatic carbocycles. The second kappa shape index (κ2) is 8.19. The molecule has 0 fully saturated rings. The van der Waals surface area contributed by atoms with Gasteiger partial charge in [0.25, 0.3) is 0 Å². The fourth-order valence-corrected chi connectivity index (χ4v) is 3.37. The first kappa shape index (κ1) is 18.9. The number of benzene rings is 2. The molecule has 138 valence electrons. The molecule has 0 bridgehead atoms. The fourth-order valence-electron chi connectivity index (χ4n) is 3.22. The van der Waals surface area contributed by atoms with Gasteiger partial charge in [-0.2, -0.15) is 10.4 Å². The summed E-state index contributed by atoms with van der Waals surface area (Å²) >= 11 is 5.87. The number of carbonyl (C=O) groups is 1. The predicted molar refractivity (Wildman–Crippen MR) is 100 cm³/mol. The number of hydrogen-bond donors (Lipinski definition) is 1. The number of para-hydroxylation sites is 1. The SMILES string of the molecule is N#CCCC(c1ccc(Cl)cc1F)c1nn(CCC(=O)O)c2ccccc12. The van der Waals surface area contributed by atoms with E-state index in [4.69, 9.17) is 22.0 Å². The highest BCUT2D eigenvalue weighted by Crippen LogP contribution is 2.35. The molecule has 3 aromatic rings. The molecule has 0 saturated carbocycles. The van der Waals surface area contributed by atoms with Crippen LogP contribution in [0, 0.1) is 17.1 Å². The molecule has 0 aliphatic rings. The lowest BCUT2D eigenvalue weighted by Crippen LogP contribution is -2.09. The highest BCUT2D eigenvalue weighted by atomic mass is 35.5. The van der Waals surface area contributed by atoms with Gasteiger partial charge in [-0.1, -0.05) is 35.9 Å². The average Bonchev–Trinajstić information content (AvgIpc) is 3.00. The molecule has 1 unspecified atom stereocenters. The summed E-state index contributed by atoms with van der Waals surface area (Å²) in [5, 5.41) is 23.7. The summed E-state index contributed by atoms with van der Waals surface area (Å²) in [6.45, 7) is 0.212. The summed E-state index contributed by atoms with van der Waals surface area (Å²) < 4.78 is 16.2. The van der Waals surface area contributed by atoms with Crippen molar-refractivity contribution >= 4 is 28.5 Å². The Morgan fingerprint density at radius 2 is 2.11 bits per heavy atom. The lowest BCUT2D eigenvalue weighted by molar-refractivity contribution is -0.137. The molecule has 1 aromatic heterocycles. The van der Waals surface area contributed by atoms with Crippen LogP contribution in [0.3, 0.4) is 0 Å². The topological polar surface area (TPSA) is 78.9 Å². The van der Waals surface area contributed by atoms with Crippen LogP contribution in [-0.2, 0) is 11.3 Å². The van der Waals surface area contributed by atoms with Gasteiger partial charge < -0.3 is 5.11 Å². The third kappa shape index (κ3) is 4.09. The van der Waals surface area contributed by atoms with Crippen molar-refractivity contribution in [3.63, 3.8) is 0 Å². The zero-order valence-electron chi connectivity index (χ0n) is 14.4. The molecule has 27 heavy (non-hydrogen) atoms. The van der Waals surface area contributed by atoms with E-state index in [1.54, 1.807) is 16.8 Å². The Morgan fingerprint density at radius 3 is 2.81 bits per heavy atom. The van der Waals surface area contributed by atoms with E-state index < -0.39 is 17.7 Å². The number of halogens is 2. The second-order valence-corrected chi connectivity index (χ2v) is 6.62. The number of rotatable bonds is 7. The van der Waals surface area contributed by atoms with Crippen molar-refractivity contribution in [3.05, 3.63) is 64.6 Å². The van der Waals surface area contributed by atoms with Gasteiger partial charge in [0.15, 0.2) is 0 Å². The van der Waals surface area contributed by atoms with Crippen LogP contribution >= 0.6 is 11.6 Å². The summed E-state index contributed by atoms with van der Waals surface area (Å²) in [6, 6.07) is 14.0. The van der Waals surface area contributed by atoms with Crippen LogP contribution in [0.5, 0.6) is 0 Å². The van der Waals surface area contributed by atoms with Gasteiger partial charge in [-0.15, -0.1) is 0 Å². The van der Waals surface area contributed by atoms with E-state index in [1.165, 1.54) is 6.07 Å². The summed E-state index contributed by atoms with van der Waals surface area (Å²) in [6.07, 6.45) is 0.571. The van der Waals surface area contributed by atoms with Gasteiger partial charge in [-0.25, -0.2) is 4.39 Å². The molecule has 3 rings (SSSR count). The Kier molecular flexibility index (Phi) is 5.72. The quantitative estimate of drug-likeness (QED) is 0.637. The third-order valence-corrected chi connectivity index (χ3v) is 4.67. The zero-order chi connectivity index (χ0) is 19.4. The van der Waals surface area contributed by atoms with Crippen molar-refractivity contribution in [3.8, 4) is 6.07 Å². The molecule has 7 heteroatoms. The monoisotopic (exact) mass is 385 g/mol. The van der Waals surface area contributed by atoms with Crippen LogP contribution < -0.4 is 0 Å². The van der Waals surface area contributed by atoms with Crippen molar-refractivity contribution in [2.75, 3.05) is 0 Å². The van der Waals surface area contributed by atoms with Crippen molar-refractivity contribution in [2.45, 2.75) is 31.7 Å². The molecule has 0 spiro atoms. The molecular formula is C20H17ClFN3O2. The van der Waals surface area contributed by atoms with Crippen LogP contribution in [0.2, 0.25) is 5.02 Å². The smallest absolute Gasteiger partial charge is 0.305 e. The van der Waals surface area contributed by atoms with Gasteiger partial charge in [0.05, 0.1) is 30.2 Å². The van der Waals surface area contributed by atoms with E-state index in [1.807, 2.05) is 24.3 Å². The summed E-state index contributed by atoms with van der Waals surface area (Å²) in [4.78, 5) is 10.9. The molecule has 0 radical (unpaired) electrons. The number of carboxylic acids is 1. The molecule has 1 atom stereocenters. The first-order chi connectivity index (χ1) is 13.0. The molecule has 0 amide bonds. The number of hydrogen-bond acceptors (Lipinski definition) is 3. The van der Waals surface area contributed by atoms with Crippen molar-refractivity contribution in [1.29, 1.82) is 5.26 Å². The summed E-state index contributed by atoms with van der Waals surface area (Å²) in [5.41, 5.74) is 1.83. The first-order valence-electron chi connectivity index (χ1n) is 8.50. The Morgan fingerprint density at radius 1 is 1.33 bits per heavy atom. The maximum atomic E-state index is 14.6. The van der Waals surface area contributed by atoms with E-state index in [2.05, 4.69) is 11.2 Å². The van der Waals surface area contributed by atoms with Crippen LogP contribution in [0.4, 0.5) is 4.39 Å². The molecule has 2 aromatic carbocycles. The number of fused-ring (bicyclic) bond motifs is 1. The number of nitrogens with zero attached hydrogens (tertiary/aromatic N) is 3. The fraction of sp³-hybridized carbons (Fsp3) is 0.250. The zero-order valence-corrected chi connectivity index (χ0v) is 15.2. The molecule has 5 nitrogen and oxygen atoms in total. The van der Waals surface area contributed by atoms with Gasteiger partial charge in [0.1, 0.15) is 5.82 Å². The maximum Gasteiger partial charge on any atom is 0.305 e. The van der Waals surface area contributed by atoms with Crippen LogP contribution in [0.15, 0.2) is 42.5 Å². The largest absolute Gasteiger partial charge is 0.481 e. The Labute approximate surface area is 160 Å². The van der Waals surface area contributed by atoms with E-state index in [-0.39, 0.29) is 19.4 Å². The number of aryl methyl sites for hydroxylation is 1. The van der Waals surface area contributed by atoms with Crippen molar-refractivity contribution < 1.29 is 14.3 Å². The van der Waals surface area contributed by atoms with Gasteiger partial charge in [-0.05, 0) is 30.2 Å². The van der Waals surface area contributed by atoms with Crippen LogP contribution in [0.1, 0.15) is 36.4 Å². The molecular weight excluding hydrogens is 369 g/mol. The van der Waals surface area contributed by atoms with Crippen molar-refractivity contribution in [1.82, 2.24) is 9.78 Å². The van der Waals surface area contributed by atoms with Gasteiger partial charge in [0.2, 0.25) is 0 Å². The second-order valence-electron chi connectivity index (χ2n) is 6.18. The van der Waals surface area contributed by atoms with E-state index in [9.17, 15) is 9.18 Å². The lowest BCUT2D eigenvalue weighted by atomic mass is 9.89. The normalized spacial score (nSPS) is 12.0. The Hall–Kier alpha value is -2.91.